The summed E-state index contributed by atoms with van der Waals surface area (Å²) in [4.78, 5) is 33.2. The van der Waals surface area contributed by atoms with Crippen molar-refractivity contribution in [3.63, 3.8) is 0 Å². The van der Waals surface area contributed by atoms with E-state index in [1.165, 1.54) is 23.5 Å². The molecule has 0 aliphatic carbocycles. The number of thiophene rings is 1. The van der Waals surface area contributed by atoms with Crippen molar-refractivity contribution in [2.45, 2.75) is 32.4 Å². The van der Waals surface area contributed by atoms with E-state index in [1.54, 1.807) is 16.7 Å². The Balaban J connectivity index is 1.31. The molecule has 0 radical (unpaired) electrons. The molecule has 1 aliphatic rings. The van der Waals surface area contributed by atoms with Gasteiger partial charge in [-0.05, 0) is 54.5 Å². The first-order valence-electron chi connectivity index (χ1n) is 11.8. The van der Waals surface area contributed by atoms with Gasteiger partial charge < -0.3 is 10.2 Å². The maximum atomic E-state index is 13.3. The number of piperidine rings is 1. The standard InChI is InChI=1S/C27H27FN4O2S/c1-18(20-7-9-22(28)10-8-20)29-25(33)21-11-14-31(15-12-21)27-30-23-13-16-35-24(23)26(34)32(27)17-19-5-3-2-4-6-19/h2-10,13,16,18,21H,11-12,14-15,17H2,1H3,(H,29,33). The number of fused-ring (bicyclic) bond motifs is 1. The van der Waals surface area contributed by atoms with E-state index in [0.29, 0.717) is 48.6 Å². The summed E-state index contributed by atoms with van der Waals surface area (Å²) in [6.45, 7) is 3.63. The molecule has 1 fully saturated rings. The number of rotatable bonds is 6. The van der Waals surface area contributed by atoms with Crippen LogP contribution in [0.5, 0.6) is 0 Å². The van der Waals surface area contributed by atoms with Crippen molar-refractivity contribution in [1.82, 2.24) is 14.9 Å². The first-order valence-corrected chi connectivity index (χ1v) is 12.7. The molecule has 0 spiro atoms. The Hall–Kier alpha value is -3.52. The van der Waals surface area contributed by atoms with Gasteiger partial charge in [-0.15, -0.1) is 11.3 Å². The highest BCUT2D eigenvalue weighted by molar-refractivity contribution is 7.17. The second-order valence-corrected chi connectivity index (χ2v) is 9.88. The molecular formula is C27H27FN4O2S. The molecule has 2 aromatic carbocycles. The van der Waals surface area contributed by atoms with Crippen molar-refractivity contribution in [2.24, 2.45) is 5.92 Å². The number of aromatic nitrogens is 2. The maximum absolute atomic E-state index is 13.3. The fourth-order valence-corrected chi connectivity index (χ4v) is 5.37. The Labute approximate surface area is 207 Å². The van der Waals surface area contributed by atoms with E-state index in [2.05, 4.69) is 10.2 Å². The Morgan fingerprint density at radius 2 is 1.83 bits per heavy atom. The minimum Gasteiger partial charge on any atom is -0.349 e. The summed E-state index contributed by atoms with van der Waals surface area (Å²) in [5.74, 6) is 0.251. The molecular weight excluding hydrogens is 463 g/mol. The summed E-state index contributed by atoms with van der Waals surface area (Å²) in [7, 11) is 0. The molecule has 35 heavy (non-hydrogen) atoms. The molecule has 1 saturated heterocycles. The van der Waals surface area contributed by atoms with Crippen molar-refractivity contribution in [1.29, 1.82) is 0 Å². The molecule has 5 rings (SSSR count). The zero-order valence-electron chi connectivity index (χ0n) is 19.5. The van der Waals surface area contributed by atoms with Gasteiger partial charge in [0.15, 0.2) is 0 Å². The largest absolute Gasteiger partial charge is 0.349 e. The van der Waals surface area contributed by atoms with Crippen LogP contribution in [0.3, 0.4) is 0 Å². The highest BCUT2D eigenvalue weighted by Gasteiger charge is 2.28. The predicted molar refractivity (Wildman–Crippen MR) is 137 cm³/mol. The zero-order chi connectivity index (χ0) is 24.4. The van der Waals surface area contributed by atoms with Crippen LogP contribution in [0.15, 0.2) is 70.8 Å². The Kier molecular flexibility index (Phi) is 6.63. The van der Waals surface area contributed by atoms with Gasteiger partial charge in [-0.25, -0.2) is 9.37 Å². The van der Waals surface area contributed by atoms with Crippen LogP contribution in [0.25, 0.3) is 10.2 Å². The SMILES string of the molecule is CC(NC(=O)C1CCN(c2nc3ccsc3c(=O)n2Cc2ccccc2)CC1)c1ccc(F)cc1. The Morgan fingerprint density at radius 1 is 1.11 bits per heavy atom. The fraction of sp³-hybridized carbons (Fsp3) is 0.296. The Morgan fingerprint density at radius 3 is 2.54 bits per heavy atom. The summed E-state index contributed by atoms with van der Waals surface area (Å²) < 4.78 is 15.6. The lowest BCUT2D eigenvalue weighted by Crippen LogP contribution is -2.43. The van der Waals surface area contributed by atoms with Crippen molar-refractivity contribution >= 4 is 33.4 Å². The van der Waals surface area contributed by atoms with Crippen LogP contribution in [0, 0.1) is 11.7 Å². The molecule has 8 heteroatoms. The third kappa shape index (κ3) is 4.98. The average Bonchev–Trinajstić information content (AvgIpc) is 3.36. The number of carbonyl (C=O) groups is 1. The molecule has 1 aliphatic heterocycles. The number of nitrogens with one attached hydrogen (secondary N) is 1. The lowest BCUT2D eigenvalue weighted by molar-refractivity contribution is -0.126. The number of anilines is 1. The van der Waals surface area contributed by atoms with Crippen LogP contribution >= 0.6 is 11.3 Å². The van der Waals surface area contributed by atoms with E-state index in [4.69, 9.17) is 4.98 Å². The maximum Gasteiger partial charge on any atom is 0.273 e. The highest BCUT2D eigenvalue weighted by Crippen LogP contribution is 2.26. The van der Waals surface area contributed by atoms with Crippen molar-refractivity contribution in [2.75, 3.05) is 18.0 Å². The molecule has 2 aromatic heterocycles. The number of hydrogen-bond acceptors (Lipinski definition) is 5. The smallest absolute Gasteiger partial charge is 0.273 e. The van der Waals surface area contributed by atoms with Gasteiger partial charge in [0.1, 0.15) is 10.5 Å². The first-order chi connectivity index (χ1) is 17.0. The lowest BCUT2D eigenvalue weighted by atomic mass is 9.95. The van der Waals surface area contributed by atoms with E-state index >= 15 is 0 Å². The minimum atomic E-state index is -0.292. The highest BCUT2D eigenvalue weighted by atomic mass is 32.1. The normalized spacial score (nSPS) is 15.3. The van der Waals surface area contributed by atoms with E-state index in [-0.39, 0.29) is 29.2 Å². The second kappa shape index (κ2) is 10.00. The van der Waals surface area contributed by atoms with Gasteiger partial charge >= 0.3 is 0 Å². The summed E-state index contributed by atoms with van der Waals surface area (Å²) in [5, 5.41) is 4.96. The van der Waals surface area contributed by atoms with Gasteiger partial charge in [0.25, 0.3) is 5.56 Å². The van der Waals surface area contributed by atoms with Gasteiger partial charge in [-0.2, -0.15) is 0 Å². The van der Waals surface area contributed by atoms with Gasteiger partial charge in [0.05, 0.1) is 18.1 Å². The van der Waals surface area contributed by atoms with Crippen molar-refractivity contribution < 1.29 is 9.18 Å². The molecule has 1 N–H and O–H groups in total. The number of halogens is 1. The van der Waals surface area contributed by atoms with Crippen LogP contribution in [0.4, 0.5) is 10.3 Å². The lowest BCUT2D eigenvalue weighted by Gasteiger charge is -2.33. The van der Waals surface area contributed by atoms with Crippen LogP contribution in [-0.2, 0) is 11.3 Å². The second-order valence-electron chi connectivity index (χ2n) is 8.97. The average molecular weight is 491 g/mol. The van der Waals surface area contributed by atoms with E-state index in [9.17, 15) is 14.0 Å². The summed E-state index contributed by atoms with van der Waals surface area (Å²) in [6.07, 6.45) is 1.34. The van der Waals surface area contributed by atoms with Crippen LogP contribution in [0.1, 0.15) is 36.9 Å². The molecule has 4 aromatic rings. The predicted octanol–water partition coefficient (Wildman–Crippen LogP) is 4.74. The Bertz CT molecular complexity index is 1380. The summed E-state index contributed by atoms with van der Waals surface area (Å²) in [5.41, 5.74) is 2.59. The first kappa shape index (κ1) is 23.2. The molecule has 180 valence electrons. The fourth-order valence-electron chi connectivity index (χ4n) is 4.59. The van der Waals surface area contributed by atoms with E-state index in [1.807, 2.05) is 48.7 Å². The van der Waals surface area contributed by atoms with Gasteiger partial charge in [-0.3, -0.25) is 14.2 Å². The van der Waals surface area contributed by atoms with Crippen molar-refractivity contribution in [3.8, 4) is 0 Å². The third-order valence-corrected chi connectivity index (χ3v) is 7.50. The number of benzene rings is 2. The molecule has 1 unspecified atom stereocenters. The number of nitrogens with zero attached hydrogens (tertiary/aromatic N) is 3. The summed E-state index contributed by atoms with van der Waals surface area (Å²) >= 11 is 1.41. The van der Waals surface area contributed by atoms with E-state index < -0.39 is 0 Å². The van der Waals surface area contributed by atoms with Crippen LogP contribution in [-0.4, -0.2) is 28.5 Å². The molecule has 0 saturated carbocycles. The molecule has 1 atom stereocenters. The van der Waals surface area contributed by atoms with Crippen LogP contribution < -0.4 is 15.8 Å². The van der Waals surface area contributed by atoms with Gasteiger partial charge in [-0.1, -0.05) is 42.5 Å². The molecule has 3 heterocycles. The number of carbonyl (C=O) groups excluding carboxylic acids is 1. The molecule has 1 amide bonds. The van der Waals surface area contributed by atoms with Gasteiger partial charge in [0.2, 0.25) is 11.9 Å². The third-order valence-electron chi connectivity index (χ3n) is 6.61. The monoisotopic (exact) mass is 490 g/mol. The van der Waals surface area contributed by atoms with Gasteiger partial charge in [0, 0.05) is 19.0 Å². The molecule has 6 nitrogen and oxygen atoms in total. The van der Waals surface area contributed by atoms with Crippen LogP contribution in [0.2, 0.25) is 0 Å². The van der Waals surface area contributed by atoms with Crippen molar-refractivity contribution in [3.05, 3.63) is 93.3 Å². The number of hydrogen-bond donors (Lipinski definition) is 1. The van der Waals surface area contributed by atoms with E-state index in [0.717, 1.165) is 11.1 Å². The number of amides is 1. The molecule has 0 bridgehead atoms. The topological polar surface area (TPSA) is 67.2 Å². The quantitative estimate of drug-likeness (QED) is 0.424. The zero-order valence-corrected chi connectivity index (χ0v) is 20.3. The summed E-state index contributed by atoms with van der Waals surface area (Å²) in [6, 6.07) is 17.8. The minimum absolute atomic E-state index is 0.00407.